The van der Waals surface area contributed by atoms with Crippen LogP contribution in [0.15, 0.2) is 30.3 Å². The molecule has 1 aliphatic heterocycles. The topological polar surface area (TPSA) is 15.3 Å². The first kappa shape index (κ1) is 13.6. The van der Waals surface area contributed by atoms with Gasteiger partial charge < -0.3 is 5.32 Å². The molecule has 1 fully saturated rings. The Morgan fingerprint density at radius 2 is 2.06 bits per heavy atom. The molecule has 1 saturated heterocycles. The number of benzene rings is 1. The minimum atomic E-state index is 0.691. The summed E-state index contributed by atoms with van der Waals surface area (Å²) in [6.45, 7) is 9.43. The Kier molecular flexibility index (Phi) is 5.21. The molecule has 1 atom stereocenters. The van der Waals surface area contributed by atoms with Gasteiger partial charge in [-0.2, -0.15) is 0 Å². The van der Waals surface area contributed by atoms with Crippen molar-refractivity contribution in [2.45, 2.75) is 32.7 Å². The van der Waals surface area contributed by atoms with E-state index in [1.165, 1.54) is 38.0 Å². The monoisotopic (exact) mass is 246 g/mol. The zero-order valence-corrected chi connectivity index (χ0v) is 11.7. The van der Waals surface area contributed by atoms with Crippen molar-refractivity contribution in [3.63, 3.8) is 0 Å². The summed E-state index contributed by atoms with van der Waals surface area (Å²) < 4.78 is 0. The van der Waals surface area contributed by atoms with E-state index < -0.39 is 0 Å². The van der Waals surface area contributed by atoms with Gasteiger partial charge in [-0.05, 0) is 37.4 Å². The quantitative estimate of drug-likeness (QED) is 0.878. The van der Waals surface area contributed by atoms with Crippen LogP contribution >= 0.6 is 0 Å². The van der Waals surface area contributed by atoms with Crippen LogP contribution in [0.2, 0.25) is 0 Å². The molecule has 0 radical (unpaired) electrons. The molecule has 2 heteroatoms. The SMILES string of the molecule is CC(C)C1CNCCCN1CCc1ccccc1. The fraction of sp³-hybridized carbons (Fsp3) is 0.625. The zero-order valence-electron chi connectivity index (χ0n) is 11.7. The lowest BCUT2D eigenvalue weighted by molar-refractivity contribution is 0.168. The maximum atomic E-state index is 3.57. The predicted molar refractivity (Wildman–Crippen MR) is 77.8 cm³/mol. The molecule has 0 aliphatic carbocycles. The third-order valence-corrected chi connectivity index (χ3v) is 3.92. The van der Waals surface area contributed by atoms with Gasteiger partial charge in [0.05, 0.1) is 0 Å². The Hall–Kier alpha value is -0.860. The molecule has 1 unspecified atom stereocenters. The summed E-state index contributed by atoms with van der Waals surface area (Å²) in [5.41, 5.74) is 1.46. The van der Waals surface area contributed by atoms with E-state index in [0.29, 0.717) is 6.04 Å². The molecule has 0 spiro atoms. The third-order valence-electron chi connectivity index (χ3n) is 3.92. The van der Waals surface area contributed by atoms with Crippen LogP contribution in [0.1, 0.15) is 25.8 Å². The molecule has 0 aromatic heterocycles. The first-order chi connectivity index (χ1) is 8.77. The van der Waals surface area contributed by atoms with E-state index in [2.05, 4.69) is 54.4 Å². The van der Waals surface area contributed by atoms with Crippen molar-refractivity contribution >= 4 is 0 Å². The Balaban J connectivity index is 1.92. The van der Waals surface area contributed by atoms with Gasteiger partial charge in [0.2, 0.25) is 0 Å². The van der Waals surface area contributed by atoms with Gasteiger partial charge in [-0.1, -0.05) is 44.2 Å². The summed E-state index contributed by atoms with van der Waals surface area (Å²) in [5, 5.41) is 3.57. The molecule has 1 heterocycles. The predicted octanol–water partition coefficient (Wildman–Crippen LogP) is 2.55. The van der Waals surface area contributed by atoms with E-state index in [9.17, 15) is 0 Å². The summed E-state index contributed by atoms with van der Waals surface area (Å²) in [6, 6.07) is 11.5. The molecule has 1 aromatic carbocycles. The highest BCUT2D eigenvalue weighted by molar-refractivity contribution is 5.14. The van der Waals surface area contributed by atoms with E-state index in [1.807, 2.05) is 0 Å². The van der Waals surface area contributed by atoms with Gasteiger partial charge in [-0.25, -0.2) is 0 Å². The first-order valence-electron chi connectivity index (χ1n) is 7.26. The van der Waals surface area contributed by atoms with Crippen LogP contribution in [0, 0.1) is 5.92 Å². The van der Waals surface area contributed by atoms with Gasteiger partial charge in [0, 0.05) is 19.1 Å². The first-order valence-corrected chi connectivity index (χ1v) is 7.26. The van der Waals surface area contributed by atoms with E-state index >= 15 is 0 Å². The number of hydrogen-bond donors (Lipinski definition) is 1. The summed E-state index contributed by atoms with van der Waals surface area (Å²) in [5.74, 6) is 0.728. The molecule has 2 rings (SSSR count). The van der Waals surface area contributed by atoms with Crippen molar-refractivity contribution in [3.05, 3.63) is 35.9 Å². The van der Waals surface area contributed by atoms with Crippen LogP contribution in [0.4, 0.5) is 0 Å². The van der Waals surface area contributed by atoms with E-state index in [1.54, 1.807) is 0 Å². The highest BCUT2D eigenvalue weighted by Gasteiger charge is 2.22. The Bertz CT molecular complexity index is 334. The molecular formula is C16H26N2. The molecule has 18 heavy (non-hydrogen) atoms. The molecule has 1 aliphatic rings. The highest BCUT2D eigenvalue weighted by Crippen LogP contribution is 2.14. The standard InChI is InChI=1S/C16H26N2/c1-14(2)16-13-17-10-6-11-18(16)12-9-15-7-4-3-5-8-15/h3-5,7-8,14,16-17H,6,9-13H2,1-2H3. The van der Waals surface area contributed by atoms with Crippen LogP contribution in [0.5, 0.6) is 0 Å². The normalized spacial score (nSPS) is 22.1. The summed E-state index contributed by atoms with van der Waals surface area (Å²) in [6.07, 6.45) is 2.45. The molecule has 1 N–H and O–H groups in total. The van der Waals surface area contributed by atoms with E-state index in [-0.39, 0.29) is 0 Å². The van der Waals surface area contributed by atoms with Gasteiger partial charge in [0.15, 0.2) is 0 Å². The van der Waals surface area contributed by atoms with Crippen molar-refractivity contribution in [3.8, 4) is 0 Å². The van der Waals surface area contributed by atoms with Crippen molar-refractivity contribution < 1.29 is 0 Å². The summed E-state index contributed by atoms with van der Waals surface area (Å²) >= 11 is 0. The Morgan fingerprint density at radius 1 is 1.28 bits per heavy atom. The lowest BCUT2D eigenvalue weighted by Crippen LogP contribution is -2.44. The van der Waals surface area contributed by atoms with Crippen LogP contribution < -0.4 is 5.32 Å². The number of hydrogen-bond acceptors (Lipinski definition) is 2. The Labute approximate surface area is 111 Å². The zero-order chi connectivity index (χ0) is 12.8. The van der Waals surface area contributed by atoms with Crippen molar-refractivity contribution in [2.24, 2.45) is 5.92 Å². The third kappa shape index (κ3) is 3.82. The van der Waals surface area contributed by atoms with Crippen molar-refractivity contribution in [2.75, 3.05) is 26.2 Å². The lowest BCUT2D eigenvalue weighted by Gasteiger charge is -2.32. The van der Waals surface area contributed by atoms with Crippen LogP contribution in [-0.4, -0.2) is 37.1 Å². The van der Waals surface area contributed by atoms with E-state index in [4.69, 9.17) is 0 Å². The minimum absolute atomic E-state index is 0.691. The average Bonchev–Trinajstić information content (AvgIpc) is 2.63. The molecule has 1 aromatic rings. The molecular weight excluding hydrogens is 220 g/mol. The molecule has 0 saturated carbocycles. The fourth-order valence-electron chi connectivity index (χ4n) is 2.80. The second-order valence-corrected chi connectivity index (χ2v) is 5.64. The molecule has 100 valence electrons. The second kappa shape index (κ2) is 6.91. The Morgan fingerprint density at radius 3 is 2.78 bits per heavy atom. The molecule has 2 nitrogen and oxygen atoms in total. The van der Waals surface area contributed by atoms with Gasteiger partial charge in [-0.15, -0.1) is 0 Å². The second-order valence-electron chi connectivity index (χ2n) is 5.64. The maximum absolute atomic E-state index is 3.57. The fourth-order valence-corrected chi connectivity index (χ4v) is 2.80. The van der Waals surface area contributed by atoms with Crippen LogP contribution in [0.25, 0.3) is 0 Å². The van der Waals surface area contributed by atoms with Gasteiger partial charge in [0.25, 0.3) is 0 Å². The van der Waals surface area contributed by atoms with Gasteiger partial charge in [0.1, 0.15) is 0 Å². The van der Waals surface area contributed by atoms with Crippen LogP contribution in [-0.2, 0) is 6.42 Å². The highest BCUT2D eigenvalue weighted by atomic mass is 15.2. The smallest absolute Gasteiger partial charge is 0.0243 e. The van der Waals surface area contributed by atoms with Gasteiger partial charge >= 0.3 is 0 Å². The molecule has 0 bridgehead atoms. The number of nitrogens with one attached hydrogen (secondary N) is 1. The van der Waals surface area contributed by atoms with E-state index in [0.717, 1.165) is 12.5 Å². The van der Waals surface area contributed by atoms with Crippen LogP contribution in [0.3, 0.4) is 0 Å². The maximum Gasteiger partial charge on any atom is 0.0243 e. The van der Waals surface area contributed by atoms with Crippen molar-refractivity contribution in [1.82, 2.24) is 10.2 Å². The minimum Gasteiger partial charge on any atom is -0.315 e. The summed E-state index contributed by atoms with van der Waals surface area (Å²) in [7, 11) is 0. The van der Waals surface area contributed by atoms with Crippen molar-refractivity contribution in [1.29, 1.82) is 0 Å². The average molecular weight is 246 g/mol. The number of nitrogens with zero attached hydrogens (tertiary/aromatic N) is 1. The lowest BCUT2D eigenvalue weighted by atomic mass is 10.0. The summed E-state index contributed by atoms with van der Waals surface area (Å²) in [4.78, 5) is 2.68. The largest absolute Gasteiger partial charge is 0.315 e. The van der Waals surface area contributed by atoms with Gasteiger partial charge in [-0.3, -0.25) is 4.90 Å². The molecule has 0 amide bonds. The number of rotatable bonds is 4.